The van der Waals surface area contributed by atoms with E-state index in [1.165, 1.54) is 0 Å². The van der Waals surface area contributed by atoms with Gasteiger partial charge in [0.2, 0.25) is 5.88 Å². The van der Waals surface area contributed by atoms with Gasteiger partial charge in [0, 0.05) is 7.11 Å². The third kappa shape index (κ3) is 3.85. The lowest BCUT2D eigenvalue weighted by atomic mass is 10.7. The molecule has 0 rings (SSSR count). The van der Waals surface area contributed by atoms with Crippen molar-refractivity contribution in [3.63, 3.8) is 0 Å². The molecule has 0 aliphatic carbocycles. The van der Waals surface area contributed by atoms with Crippen LogP contribution >= 0.6 is 0 Å². The topological polar surface area (TPSA) is 96.5 Å². The minimum Gasteiger partial charge on any atom is -0.474 e. The van der Waals surface area contributed by atoms with Gasteiger partial charge >= 0.3 is 0 Å². The maximum atomic E-state index is 5.21. The molecule has 0 aliphatic rings. The van der Waals surface area contributed by atoms with E-state index in [0.717, 1.165) is 0 Å². The lowest BCUT2D eigenvalue weighted by Crippen LogP contribution is -2.20. The van der Waals surface area contributed by atoms with Gasteiger partial charge in [0.1, 0.15) is 6.61 Å². The number of ether oxygens (including phenoxy) is 2. The molecule has 6 N–H and O–H groups in total. The molecule has 0 bridgehead atoms. The second-order valence-electron chi connectivity index (χ2n) is 1.66. The van der Waals surface area contributed by atoms with Gasteiger partial charge in [-0.3, -0.25) is 0 Å². The molecular weight excluding hydrogens is 134 g/mol. The largest absolute Gasteiger partial charge is 0.474 e. The van der Waals surface area contributed by atoms with Gasteiger partial charge in [0.25, 0.3) is 0 Å². The molecule has 0 spiro atoms. The Hall–Kier alpha value is -1.10. The van der Waals surface area contributed by atoms with Gasteiger partial charge in [-0.05, 0) is 0 Å². The Morgan fingerprint density at radius 1 is 1.20 bits per heavy atom. The Kier molecular flexibility index (Phi) is 4.23. The minimum atomic E-state index is -0.00361. The van der Waals surface area contributed by atoms with Crippen molar-refractivity contribution in [3.8, 4) is 0 Å². The molecular formula is C5H13N3O2. The van der Waals surface area contributed by atoms with Crippen molar-refractivity contribution in [1.29, 1.82) is 0 Å². The molecule has 0 aromatic carbocycles. The van der Waals surface area contributed by atoms with Gasteiger partial charge in [-0.1, -0.05) is 0 Å². The zero-order valence-electron chi connectivity index (χ0n) is 5.96. The standard InChI is InChI=1S/C5H13N3O2/c1-9-2-3-10-5(8)4(6)7/h2-3,6-8H2,1H3. The Labute approximate surface area is 59.8 Å². The molecule has 0 atom stereocenters. The molecule has 0 saturated carbocycles. The quantitative estimate of drug-likeness (QED) is 0.337. The van der Waals surface area contributed by atoms with E-state index in [1.54, 1.807) is 7.11 Å². The fraction of sp³-hybridized carbons (Fsp3) is 0.600. The molecule has 10 heavy (non-hydrogen) atoms. The van der Waals surface area contributed by atoms with E-state index >= 15 is 0 Å². The van der Waals surface area contributed by atoms with Crippen molar-refractivity contribution >= 4 is 0 Å². The van der Waals surface area contributed by atoms with Crippen LogP contribution in [-0.2, 0) is 9.47 Å². The first-order valence-electron chi connectivity index (χ1n) is 2.81. The van der Waals surface area contributed by atoms with Crippen LogP contribution < -0.4 is 17.2 Å². The molecule has 0 fully saturated rings. The molecule has 5 nitrogen and oxygen atoms in total. The van der Waals surface area contributed by atoms with E-state index in [-0.39, 0.29) is 11.7 Å². The highest BCUT2D eigenvalue weighted by Crippen LogP contribution is 1.86. The van der Waals surface area contributed by atoms with Crippen molar-refractivity contribution in [1.82, 2.24) is 0 Å². The fourth-order valence-electron chi connectivity index (χ4n) is 0.318. The molecule has 0 aromatic rings. The molecule has 0 heterocycles. The van der Waals surface area contributed by atoms with E-state index in [1.807, 2.05) is 0 Å². The summed E-state index contributed by atoms with van der Waals surface area (Å²) in [5.41, 5.74) is 15.4. The molecule has 0 amide bonds. The highest BCUT2D eigenvalue weighted by molar-refractivity contribution is 4.94. The summed E-state index contributed by atoms with van der Waals surface area (Å²) in [6, 6.07) is 0. The SMILES string of the molecule is COCCOC(N)=C(N)N. The van der Waals surface area contributed by atoms with E-state index in [2.05, 4.69) is 4.74 Å². The molecule has 0 aromatic heterocycles. The number of methoxy groups -OCH3 is 1. The second kappa shape index (κ2) is 4.75. The van der Waals surface area contributed by atoms with Crippen LogP contribution in [0.3, 0.4) is 0 Å². The van der Waals surface area contributed by atoms with Gasteiger partial charge in [-0.2, -0.15) is 0 Å². The van der Waals surface area contributed by atoms with Crippen LogP contribution in [0.25, 0.3) is 0 Å². The Balaban J connectivity index is 3.40. The van der Waals surface area contributed by atoms with Crippen molar-refractivity contribution < 1.29 is 9.47 Å². The van der Waals surface area contributed by atoms with Gasteiger partial charge < -0.3 is 26.7 Å². The van der Waals surface area contributed by atoms with Crippen molar-refractivity contribution in [3.05, 3.63) is 11.7 Å². The summed E-state index contributed by atoms with van der Waals surface area (Å²) < 4.78 is 9.51. The van der Waals surface area contributed by atoms with Crippen LogP contribution in [0.5, 0.6) is 0 Å². The molecule has 5 heteroatoms. The maximum Gasteiger partial charge on any atom is 0.225 e. The predicted molar refractivity (Wildman–Crippen MR) is 37.4 cm³/mol. The highest BCUT2D eigenvalue weighted by Gasteiger charge is 1.93. The van der Waals surface area contributed by atoms with E-state index in [0.29, 0.717) is 13.2 Å². The summed E-state index contributed by atoms with van der Waals surface area (Å²) in [7, 11) is 1.56. The summed E-state index contributed by atoms with van der Waals surface area (Å²) in [4.78, 5) is 0. The van der Waals surface area contributed by atoms with Crippen LogP contribution in [0.15, 0.2) is 11.7 Å². The molecule has 0 unspecified atom stereocenters. The fourth-order valence-corrected chi connectivity index (χ4v) is 0.318. The third-order valence-corrected chi connectivity index (χ3v) is 0.830. The van der Waals surface area contributed by atoms with Crippen LogP contribution in [0.2, 0.25) is 0 Å². The van der Waals surface area contributed by atoms with Gasteiger partial charge in [0.15, 0.2) is 5.82 Å². The van der Waals surface area contributed by atoms with E-state index in [4.69, 9.17) is 21.9 Å². The van der Waals surface area contributed by atoms with Crippen molar-refractivity contribution in [2.24, 2.45) is 17.2 Å². The van der Waals surface area contributed by atoms with Gasteiger partial charge in [0.05, 0.1) is 6.61 Å². The number of rotatable bonds is 4. The predicted octanol–water partition coefficient (Wildman–Crippen LogP) is -1.35. The first-order chi connectivity index (χ1) is 4.68. The number of nitrogens with two attached hydrogens (primary N) is 3. The van der Waals surface area contributed by atoms with Crippen LogP contribution in [0, 0.1) is 0 Å². The smallest absolute Gasteiger partial charge is 0.225 e. The third-order valence-electron chi connectivity index (χ3n) is 0.830. The summed E-state index contributed by atoms with van der Waals surface area (Å²) in [6.45, 7) is 0.828. The number of hydrogen-bond acceptors (Lipinski definition) is 5. The first-order valence-corrected chi connectivity index (χ1v) is 2.81. The van der Waals surface area contributed by atoms with E-state index in [9.17, 15) is 0 Å². The summed E-state index contributed by atoms with van der Waals surface area (Å²) in [5, 5.41) is 0. The van der Waals surface area contributed by atoms with Crippen LogP contribution in [0.1, 0.15) is 0 Å². The van der Waals surface area contributed by atoms with Crippen molar-refractivity contribution in [2.75, 3.05) is 20.3 Å². The average Bonchev–Trinajstić information content (AvgIpc) is 1.88. The number of hydrogen-bond donors (Lipinski definition) is 3. The average molecular weight is 147 g/mol. The molecule has 0 aliphatic heterocycles. The summed E-state index contributed by atoms with van der Waals surface area (Å²) in [6.07, 6.45) is 0. The maximum absolute atomic E-state index is 5.21. The Morgan fingerprint density at radius 2 is 1.80 bits per heavy atom. The zero-order valence-corrected chi connectivity index (χ0v) is 5.96. The first kappa shape index (κ1) is 8.90. The summed E-state index contributed by atoms with van der Waals surface area (Å²) in [5.74, 6) is 0.0492. The molecule has 60 valence electrons. The Morgan fingerprint density at radius 3 is 2.20 bits per heavy atom. The van der Waals surface area contributed by atoms with Gasteiger partial charge in [-0.25, -0.2) is 0 Å². The van der Waals surface area contributed by atoms with Crippen LogP contribution in [0.4, 0.5) is 0 Å². The van der Waals surface area contributed by atoms with Gasteiger partial charge in [-0.15, -0.1) is 0 Å². The minimum absolute atomic E-state index is 0.00361. The lowest BCUT2D eigenvalue weighted by molar-refractivity contribution is 0.107. The molecule has 0 radical (unpaired) electrons. The Bertz CT molecular complexity index is 120. The zero-order chi connectivity index (χ0) is 7.98. The second-order valence-corrected chi connectivity index (χ2v) is 1.66. The summed E-state index contributed by atoms with van der Waals surface area (Å²) >= 11 is 0. The highest BCUT2D eigenvalue weighted by atomic mass is 16.5. The van der Waals surface area contributed by atoms with Crippen LogP contribution in [-0.4, -0.2) is 20.3 Å². The van der Waals surface area contributed by atoms with Crippen molar-refractivity contribution in [2.45, 2.75) is 0 Å². The van der Waals surface area contributed by atoms with E-state index < -0.39 is 0 Å². The molecule has 0 saturated heterocycles. The monoisotopic (exact) mass is 147 g/mol. The normalized spacial score (nSPS) is 8.90. The lowest BCUT2D eigenvalue weighted by Gasteiger charge is -2.05.